The number of nitrogens with zero attached hydrogens (tertiary/aromatic N) is 1. The minimum absolute atomic E-state index is 0.0190. The van der Waals surface area contributed by atoms with Gasteiger partial charge in [-0.25, -0.2) is 4.98 Å². The van der Waals surface area contributed by atoms with Crippen LogP contribution in [0.4, 0.5) is 0 Å². The molecule has 0 spiro atoms. The third-order valence-electron chi connectivity index (χ3n) is 2.97. The normalized spacial score (nSPS) is 15.6. The van der Waals surface area contributed by atoms with Crippen LogP contribution in [0.25, 0.3) is 22.6 Å². The Morgan fingerprint density at radius 3 is 2.53 bits per heavy atom. The number of fused-ring (bicyclic) bond motifs is 1. The number of hydrogen-bond acceptors (Lipinski definition) is 2. The van der Waals surface area contributed by atoms with E-state index >= 15 is 0 Å². The molecule has 0 aliphatic rings. The van der Waals surface area contributed by atoms with E-state index in [-0.39, 0.29) is 29.0 Å². The fourth-order valence-corrected chi connectivity index (χ4v) is 1.85. The maximum absolute atomic E-state index is 8.02. The fraction of sp³-hybridized carbons (Fsp3) is 0.235. The summed E-state index contributed by atoms with van der Waals surface area (Å²) in [4.78, 5) is 4.31. The molecule has 3 rings (SSSR count). The van der Waals surface area contributed by atoms with Crippen LogP contribution in [0.2, 0.25) is 0 Å². The molecule has 0 N–H and O–H groups in total. The summed E-state index contributed by atoms with van der Waals surface area (Å²) >= 11 is 0. The smallest absolute Gasteiger partial charge is 0.227 e. The molecule has 2 aromatic carbocycles. The number of aromatic nitrogens is 1. The highest BCUT2D eigenvalue weighted by molar-refractivity contribution is 5.77. The van der Waals surface area contributed by atoms with Crippen LogP contribution in [-0.2, 0) is 5.41 Å². The second-order valence-corrected chi connectivity index (χ2v) is 5.45. The van der Waals surface area contributed by atoms with Gasteiger partial charge in [-0.05, 0) is 35.2 Å². The SMILES string of the molecule is [2H]c1c([2H])c([2H])c(-c2nc3ccc(C(C)(C)C)cc3o2)c([2H])c1[2H]. The number of rotatable bonds is 1. The predicted octanol–water partition coefficient (Wildman–Crippen LogP) is 4.79. The molecule has 1 aromatic heterocycles. The van der Waals surface area contributed by atoms with Crippen molar-refractivity contribution in [3.63, 3.8) is 0 Å². The summed E-state index contributed by atoms with van der Waals surface area (Å²) in [5.41, 5.74) is 2.11. The van der Waals surface area contributed by atoms with E-state index in [9.17, 15) is 0 Å². The Kier molecular flexibility index (Phi) is 1.67. The highest BCUT2D eigenvalue weighted by Crippen LogP contribution is 2.29. The molecular weight excluding hydrogens is 234 g/mol. The fourth-order valence-electron chi connectivity index (χ4n) is 1.85. The number of hydrogen-bond donors (Lipinski definition) is 0. The molecule has 2 nitrogen and oxygen atoms in total. The Morgan fingerprint density at radius 1 is 1.11 bits per heavy atom. The number of benzene rings is 2. The molecule has 0 fully saturated rings. The van der Waals surface area contributed by atoms with Gasteiger partial charge >= 0.3 is 0 Å². The van der Waals surface area contributed by atoms with Crippen molar-refractivity contribution in [2.24, 2.45) is 0 Å². The van der Waals surface area contributed by atoms with E-state index in [2.05, 4.69) is 25.8 Å². The van der Waals surface area contributed by atoms with Gasteiger partial charge in [-0.2, -0.15) is 0 Å². The standard InChI is InChI=1S/C17H17NO/c1-17(2,3)13-9-10-14-15(11-13)19-16(18-14)12-7-5-4-6-8-12/h4-11H,1-3H3/i4D,5D,6D,7D,8D. The molecule has 0 aliphatic carbocycles. The Bertz CT molecular complexity index is 927. The van der Waals surface area contributed by atoms with Gasteiger partial charge in [-0.15, -0.1) is 0 Å². The third-order valence-corrected chi connectivity index (χ3v) is 2.97. The van der Waals surface area contributed by atoms with Gasteiger partial charge in [0, 0.05) is 5.56 Å². The Hall–Kier alpha value is -2.09. The van der Waals surface area contributed by atoms with E-state index in [1.807, 2.05) is 18.2 Å². The van der Waals surface area contributed by atoms with Crippen LogP contribution in [0.15, 0.2) is 52.8 Å². The first-order valence-electron chi connectivity index (χ1n) is 8.59. The molecular formula is C17H17NO. The molecule has 0 aliphatic heterocycles. The summed E-state index contributed by atoms with van der Waals surface area (Å²) in [6, 6.07) is 3.79. The molecule has 0 bridgehead atoms. The zero-order valence-electron chi connectivity index (χ0n) is 16.1. The lowest BCUT2D eigenvalue weighted by molar-refractivity contribution is 0.584. The van der Waals surface area contributed by atoms with Crippen molar-refractivity contribution in [2.75, 3.05) is 0 Å². The number of oxazole rings is 1. The molecule has 0 radical (unpaired) electrons. The lowest BCUT2D eigenvalue weighted by atomic mass is 9.87. The van der Waals surface area contributed by atoms with Crippen LogP contribution in [0.1, 0.15) is 33.2 Å². The zero-order chi connectivity index (χ0) is 17.8. The van der Waals surface area contributed by atoms with Crippen molar-refractivity contribution in [3.05, 3.63) is 54.0 Å². The average molecular weight is 256 g/mol. The first-order valence-corrected chi connectivity index (χ1v) is 6.09. The van der Waals surface area contributed by atoms with Crippen LogP contribution in [0.3, 0.4) is 0 Å². The molecule has 0 unspecified atom stereocenters. The first kappa shape index (κ1) is 7.49. The maximum atomic E-state index is 8.02. The summed E-state index contributed by atoms with van der Waals surface area (Å²) in [7, 11) is 0. The zero-order valence-corrected chi connectivity index (χ0v) is 11.1. The van der Waals surface area contributed by atoms with Crippen molar-refractivity contribution < 1.29 is 11.3 Å². The molecule has 1 heterocycles. The van der Waals surface area contributed by atoms with Crippen LogP contribution in [0.5, 0.6) is 0 Å². The Morgan fingerprint density at radius 2 is 1.84 bits per heavy atom. The van der Waals surface area contributed by atoms with Gasteiger partial charge in [0.1, 0.15) is 5.52 Å². The van der Waals surface area contributed by atoms with Crippen molar-refractivity contribution >= 4 is 11.1 Å². The summed E-state index contributed by atoms with van der Waals surface area (Å²) in [6.07, 6.45) is 0. The maximum Gasteiger partial charge on any atom is 0.227 e. The lowest BCUT2D eigenvalue weighted by Gasteiger charge is -2.18. The van der Waals surface area contributed by atoms with Crippen LogP contribution in [0, 0.1) is 0 Å². The summed E-state index contributed by atoms with van der Waals surface area (Å²) in [5.74, 6) is 0.0352. The van der Waals surface area contributed by atoms with Crippen molar-refractivity contribution in [1.82, 2.24) is 4.98 Å². The second-order valence-electron chi connectivity index (χ2n) is 5.45. The monoisotopic (exact) mass is 256 g/mol. The third kappa shape index (κ3) is 2.26. The van der Waals surface area contributed by atoms with E-state index < -0.39 is 18.1 Å². The highest BCUT2D eigenvalue weighted by Gasteiger charge is 2.16. The Balaban J connectivity index is 2.25. The molecule has 3 aromatic rings. The van der Waals surface area contributed by atoms with E-state index in [4.69, 9.17) is 11.3 Å². The molecule has 96 valence electrons. The molecule has 2 heteroatoms. The van der Waals surface area contributed by atoms with Gasteiger partial charge < -0.3 is 4.42 Å². The van der Waals surface area contributed by atoms with Crippen molar-refractivity contribution in [2.45, 2.75) is 26.2 Å². The largest absolute Gasteiger partial charge is 0.436 e. The molecule has 0 saturated carbocycles. The van der Waals surface area contributed by atoms with E-state index in [0.29, 0.717) is 11.1 Å². The molecule has 0 atom stereocenters. The Labute approximate surface area is 120 Å². The quantitative estimate of drug-likeness (QED) is 0.625. The topological polar surface area (TPSA) is 26.0 Å². The lowest BCUT2D eigenvalue weighted by Crippen LogP contribution is -2.10. The molecule has 0 amide bonds. The molecule has 0 saturated heterocycles. The molecule has 19 heavy (non-hydrogen) atoms. The summed E-state index contributed by atoms with van der Waals surface area (Å²) in [5, 5.41) is 0. The van der Waals surface area contributed by atoms with Crippen LogP contribution < -0.4 is 0 Å². The van der Waals surface area contributed by atoms with Gasteiger partial charge in [0.05, 0.1) is 6.85 Å². The van der Waals surface area contributed by atoms with E-state index in [1.54, 1.807) is 0 Å². The van der Waals surface area contributed by atoms with Crippen LogP contribution >= 0.6 is 0 Å². The summed E-state index contributed by atoms with van der Waals surface area (Å²) < 4.78 is 44.9. The van der Waals surface area contributed by atoms with Gasteiger partial charge in [0.25, 0.3) is 0 Å². The second kappa shape index (κ2) is 4.23. The predicted molar refractivity (Wildman–Crippen MR) is 78.1 cm³/mol. The van der Waals surface area contributed by atoms with Gasteiger partial charge in [-0.3, -0.25) is 0 Å². The van der Waals surface area contributed by atoms with E-state index in [1.165, 1.54) is 0 Å². The van der Waals surface area contributed by atoms with Gasteiger partial charge in [0.15, 0.2) is 5.58 Å². The van der Waals surface area contributed by atoms with Crippen molar-refractivity contribution in [1.29, 1.82) is 0 Å². The van der Waals surface area contributed by atoms with Crippen molar-refractivity contribution in [3.8, 4) is 11.5 Å². The summed E-state index contributed by atoms with van der Waals surface area (Å²) in [6.45, 7) is 6.25. The van der Waals surface area contributed by atoms with Crippen LogP contribution in [-0.4, -0.2) is 4.98 Å². The minimum Gasteiger partial charge on any atom is -0.436 e. The highest BCUT2D eigenvalue weighted by atomic mass is 16.3. The van der Waals surface area contributed by atoms with Gasteiger partial charge in [-0.1, -0.05) is 45.0 Å². The minimum atomic E-state index is -0.431. The van der Waals surface area contributed by atoms with E-state index in [0.717, 1.165) is 5.56 Å². The van der Waals surface area contributed by atoms with Gasteiger partial charge in [0.2, 0.25) is 5.89 Å². The first-order chi connectivity index (χ1) is 11.1. The average Bonchev–Trinajstić information content (AvgIpc) is 2.93.